The van der Waals surface area contributed by atoms with Gasteiger partial charge in [-0.25, -0.2) is 0 Å². The fraction of sp³-hybridized carbons (Fsp3) is 0.500. The predicted octanol–water partition coefficient (Wildman–Crippen LogP) is 2.88. The number of methoxy groups -OCH3 is 1. The van der Waals surface area contributed by atoms with E-state index in [9.17, 15) is 0 Å². The number of ether oxygens (including phenoxy) is 1. The van der Waals surface area contributed by atoms with Crippen molar-refractivity contribution in [1.29, 1.82) is 0 Å². The fourth-order valence-electron chi connectivity index (χ4n) is 1.91. The minimum atomic E-state index is 0.680. The lowest BCUT2D eigenvalue weighted by atomic mass is 9.95. The maximum atomic E-state index is 5.62. The largest absolute Gasteiger partial charge is 0.495 e. The van der Waals surface area contributed by atoms with E-state index in [0.29, 0.717) is 6.54 Å². The molecule has 1 aromatic carbocycles. The smallest absolute Gasteiger partial charge is 0.136 e. The Morgan fingerprint density at radius 1 is 1.13 bits per heavy atom. The molecule has 0 heterocycles. The van der Waals surface area contributed by atoms with Crippen LogP contribution in [0, 0.1) is 20.8 Å². The first-order chi connectivity index (χ1) is 7.04. The Labute approximate surface area is 99.9 Å². The molecule has 0 bridgehead atoms. The van der Waals surface area contributed by atoms with E-state index in [-0.39, 0.29) is 0 Å². The summed E-state index contributed by atoms with van der Waals surface area (Å²) < 4.78 is 6.44. The molecule has 84 valence electrons. The lowest BCUT2D eigenvalue weighted by Crippen LogP contribution is -2.08. The van der Waals surface area contributed by atoms with Gasteiger partial charge in [0.15, 0.2) is 0 Å². The Kier molecular flexibility index (Phi) is 4.17. The molecule has 0 amide bonds. The van der Waals surface area contributed by atoms with Crippen molar-refractivity contribution in [3.05, 3.63) is 26.7 Å². The Morgan fingerprint density at radius 3 is 2.20 bits per heavy atom. The molecule has 0 radical (unpaired) electrons. The van der Waals surface area contributed by atoms with Crippen molar-refractivity contribution in [2.24, 2.45) is 5.73 Å². The van der Waals surface area contributed by atoms with Gasteiger partial charge in [0, 0.05) is 0 Å². The maximum Gasteiger partial charge on any atom is 0.136 e. The zero-order valence-corrected chi connectivity index (χ0v) is 11.4. The summed E-state index contributed by atoms with van der Waals surface area (Å²) in [4.78, 5) is 0. The molecular weight excluding hydrogens is 254 g/mol. The predicted molar refractivity (Wildman–Crippen MR) is 67.7 cm³/mol. The molecule has 0 atom stereocenters. The summed E-state index contributed by atoms with van der Waals surface area (Å²) in [6.45, 7) is 6.99. The average Bonchev–Trinajstić information content (AvgIpc) is 2.23. The SMILES string of the molecule is COc1c(C)c(C)c(CCN)c(C)c1Br. The van der Waals surface area contributed by atoms with Crippen LogP contribution in [0.3, 0.4) is 0 Å². The van der Waals surface area contributed by atoms with E-state index >= 15 is 0 Å². The van der Waals surface area contributed by atoms with Crippen LogP contribution in [-0.4, -0.2) is 13.7 Å². The van der Waals surface area contributed by atoms with Crippen molar-refractivity contribution >= 4 is 15.9 Å². The van der Waals surface area contributed by atoms with Gasteiger partial charge in [0.05, 0.1) is 11.6 Å². The number of hydrogen-bond donors (Lipinski definition) is 1. The van der Waals surface area contributed by atoms with Crippen molar-refractivity contribution in [1.82, 2.24) is 0 Å². The average molecular weight is 272 g/mol. The van der Waals surface area contributed by atoms with Crippen LogP contribution < -0.4 is 10.5 Å². The van der Waals surface area contributed by atoms with Crippen molar-refractivity contribution in [2.45, 2.75) is 27.2 Å². The zero-order valence-electron chi connectivity index (χ0n) is 9.78. The maximum absolute atomic E-state index is 5.62. The molecule has 0 aliphatic rings. The quantitative estimate of drug-likeness (QED) is 0.918. The van der Waals surface area contributed by atoms with E-state index in [0.717, 1.165) is 16.6 Å². The van der Waals surface area contributed by atoms with Crippen LogP contribution in [0.4, 0.5) is 0 Å². The van der Waals surface area contributed by atoms with Gasteiger partial charge in [-0.05, 0) is 71.9 Å². The lowest BCUT2D eigenvalue weighted by Gasteiger charge is -2.18. The standard InChI is InChI=1S/C12H18BrNO/c1-7-8(2)12(15-4)11(13)9(3)10(7)5-6-14/h5-6,14H2,1-4H3. The summed E-state index contributed by atoms with van der Waals surface area (Å²) >= 11 is 3.58. The first-order valence-corrected chi connectivity index (χ1v) is 5.86. The summed E-state index contributed by atoms with van der Waals surface area (Å²) in [6, 6.07) is 0. The van der Waals surface area contributed by atoms with Crippen molar-refractivity contribution < 1.29 is 4.74 Å². The van der Waals surface area contributed by atoms with Gasteiger partial charge < -0.3 is 10.5 Å². The van der Waals surface area contributed by atoms with Crippen molar-refractivity contribution in [3.8, 4) is 5.75 Å². The molecule has 0 saturated heterocycles. The van der Waals surface area contributed by atoms with E-state index in [1.807, 2.05) is 0 Å². The number of nitrogens with two attached hydrogens (primary N) is 1. The summed E-state index contributed by atoms with van der Waals surface area (Å²) in [5, 5.41) is 0. The zero-order chi connectivity index (χ0) is 11.6. The van der Waals surface area contributed by atoms with E-state index < -0.39 is 0 Å². The summed E-state index contributed by atoms with van der Waals surface area (Å²) in [7, 11) is 1.70. The van der Waals surface area contributed by atoms with Gasteiger partial charge in [-0.1, -0.05) is 0 Å². The van der Waals surface area contributed by atoms with Gasteiger partial charge in [-0.3, -0.25) is 0 Å². The van der Waals surface area contributed by atoms with Crippen LogP contribution in [0.15, 0.2) is 4.47 Å². The molecule has 1 aromatic rings. The number of rotatable bonds is 3. The molecule has 2 nitrogen and oxygen atoms in total. The number of benzene rings is 1. The topological polar surface area (TPSA) is 35.2 Å². The van der Waals surface area contributed by atoms with Crippen LogP contribution in [0.25, 0.3) is 0 Å². The Balaban J connectivity index is 3.44. The third kappa shape index (κ3) is 2.18. The van der Waals surface area contributed by atoms with Crippen LogP contribution in [0.5, 0.6) is 5.75 Å². The minimum absolute atomic E-state index is 0.680. The molecule has 0 aromatic heterocycles. The molecule has 15 heavy (non-hydrogen) atoms. The van der Waals surface area contributed by atoms with Gasteiger partial charge in [-0.2, -0.15) is 0 Å². The molecule has 2 N–H and O–H groups in total. The van der Waals surface area contributed by atoms with Crippen LogP contribution in [-0.2, 0) is 6.42 Å². The molecule has 0 fully saturated rings. The second-order valence-electron chi connectivity index (χ2n) is 3.74. The molecule has 1 rings (SSSR count). The first kappa shape index (κ1) is 12.5. The van der Waals surface area contributed by atoms with E-state index in [4.69, 9.17) is 10.5 Å². The molecule has 0 unspecified atom stereocenters. The second-order valence-corrected chi connectivity index (χ2v) is 4.53. The monoisotopic (exact) mass is 271 g/mol. The van der Waals surface area contributed by atoms with E-state index in [1.54, 1.807) is 7.11 Å². The molecule has 3 heteroatoms. The lowest BCUT2D eigenvalue weighted by molar-refractivity contribution is 0.408. The molecule has 0 aliphatic heterocycles. The second kappa shape index (κ2) is 4.99. The highest BCUT2D eigenvalue weighted by Crippen LogP contribution is 2.36. The summed E-state index contributed by atoms with van der Waals surface area (Å²) in [6.07, 6.45) is 0.918. The summed E-state index contributed by atoms with van der Waals surface area (Å²) in [5.74, 6) is 0.936. The Morgan fingerprint density at radius 2 is 1.73 bits per heavy atom. The number of halogens is 1. The highest BCUT2D eigenvalue weighted by Gasteiger charge is 2.15. The van der Waals surface area contributed by atoms with Gasteiger partial charge in [0.1, 0.15) is 5.75 Å². The summed E-state index contributed by atoms with van der Waals surface area (Å²) in [5.41, 5.74) is 10.7. The highest BCUT2D eigenvalue weighted by molar-refractivity contribution is 9.10. The van der Waals surface area contributed by atoms with E-state index in [2.05, 4.69) is 36.7 Å². The van der Waals surface area contributed by atoms with Gasteiger partial charge in [0.2, 0.25) is 0 Å². The van der Waals surface area contributed by atoms with Gasteiger partial charge >= 0.3 is 0 Å². The first-order valence-electron chi connectivity index (χ1n) is 5.06. The minimum Gasteiger partial charge on any atom is -0.495 e. The van der Waals surface area contributed by atoms with Gasteiger partial charge in [-0.15, -0.1) is 0 Å². The van der Waals surface area contributed by atoms with Crippen LogP contribution in [0.2, 0.25) is 0 Å². The molecule has 0 spiro atoms. The van der Waals surface area contributed by atoms with Gasteiger partial charge in [0.25, 0.3) is 0 Å². The van der Waals surface area contributed by atoms with E-state index in [1.165, 1.54) is 22.3 Å². The third-order valence-corrected chi connectivity index (χ3v) is 3.89. The Hall–Kier alpha value is -0.540. The van der Waals surface area contributed by atoms with Crippen LogP contribution >= 0.6 is 15.9 Å². The van der Waals surface area contributed by atoms with Crippen molar-refractivity contribution in [3.63, 3.8) is 0 Å². The van der Waals surface area contributed by atoms with Crippen molar-refractivity contribution in [2.75, 3.05) is 13.7 Å². The molecular formula is C12H18BrNO. The van der Waals surface area contributed by atoms with Crippen LogP contribution in [0.1, 0.15) is 22.3 Å². The molecule has 0 aliphatic carbocycles. The number of hydrogen-bond acceptors (Lipinski definition) is 2. The third-order valence-electron chi connectivity index (χ3n) is 2.94. The normalized spacial score (nSPS) is 10.5. The fourth-order valence-corrected chi connectivity index (χ4v) is 2.61. The Bertz CT molecular complexity index is 345. The highest BCUT2D eigenvalue weighted by atomic mass is 79.9. The molecule has 0 saturated carbocycles.